The maximum atomic E-state index is 13.5. The van der Waals surface area contributed by atoms with Crippen LogP contribution in [-0.4, -0.2) is 70.9 Å². The number of rotatable bonds is 8. The van der Waals surface area contributed by atoms with Gasteiger partial charge in [0, 0.05) is 32.1 Å². The molecule has 2 N–H and O–H groups in total. The molecule has 2 aliphatic rings. The molecule has 2 fully saturated rings. The zero-order chi connectivity index (χ0) is 28.2. The zero-order valence-electron chi connectivity index (χ0n) is 23.4. The number of nitrogens with zero attached hydrogens (tertiary/aromatic N) is 3. The highest BCUT2D eigenvalue weighted by atomic mass is 19.2. The Labute approximate surface area is 234 Å². The number of fused-ring (bicyclic) bond motifs is 1. The zero-order valence-corrected chi connectivity index (χ0v) is 23.4. The number of amides is 2. The van der Waals surface area contributed by atoms with Crippen molar-refractivity contribution in [2.24, 2.45) is 11.8 Å². The number of H-pyrrole nitrogens is 1. The van der Waals surface area contributed by atoms with E-state index in [2.05, 4.69) is 34.0 Å². The number of halogens is 2. The lowest BCUT2D eigenvalue weighted by Crippen LogP contribution is -2.44. The fraction of sp³-hybridized carbons (Fsp3) is 0.516. The van der Waals surface area contributed by atoms with E-state index in [0.29, 0.717) is 42.6 Å². The topological polar surface area (TPSA) is 81.3 Å². The summed E-state index contributed by atoms with van der Waals surface area (Å²) in [6.07, 6.45) is 4.11. The first-order valence-corrected chi connectivity index (χ1v) is 14.5. The third-order valence-corrected chi connectivity index (χ3v) is 8.40. The molecule has 40 heavy (non-hydrogen) atoms. The van der Waals surface area contributed by atoms with Crippen molar-refractivity contribution in [2.45, 2.75) is 51.9 Å². The van der Waals surface area contributed by atoms with Crippen molar-refractivity contribution in [3.8, 4) is 0 Å². The second-order valence-electron chi connectivity index (χ2n) is 11.7. The van der Waals surface area contributed by atoms with E-state index in [1.54, 1.807) is 0 Å². The van der Waals surface area contributed by atoms with Crippen LogP contribution in [0.5, 0.6) is 0 Å². The lowest BCUT2D eigenvalue weighted by molar-refractivity contribution is -0.131. The number of para-hydroxylation sites is 1. The Balaban J connectivity index is 1.02. The first-order valence-electron chi connectivity index (χ1n) is 14.5. The smallest absolute Gasteiger partial charge is 0.253 e. The average Bonchev–Trinajstić information content (AvgIpc) is 3.40. The standard InChI is InChI=1S/C31H39F2N5O2/c1-20(2)30-35-27-5-3-4-24(29(27)36-30)31(40)34-18-21-8-12-37(13-9-21)19-22-10-14-38(15-11-22)28(39)17-23-6-7-25(32)26(33)16-23/h3-7,16,20-22H,8-15,17-19H2,1-2H3,(H,34,40)(H,35,36). The average molecular weight is 552 g/mol. The number of piperidine rings is 2. The lowest BCUT2D eigenvalue weighted by atomic mass is 9.92. The van der Waals surface area contributed by atoms with Gasteiger partial charge in [0.15, 0.2) is 11.6 Å². The number of likely N-dealkylation sites (tertiary alicyclic amines) is 2. The molecule has 3 aromatic rings. The van der Waals surface area contributed by atoms with Gasteiger partial charge in [0.2, 0.25) is 5.91 Å². The van der Waals surface area contributed by atoms with Gasteiger partial charge in [0.25, 0.3) is 5.91 Å². The van der Waals surface area contributed by atoms with Crippen LogP contribution in [0.1, 0.15) is 67.2 Å². The van der Waals surface area contributed by atoms with Crippen LogP contribution in [0.3, 0.4) is 0 Å². The van der Waals surface area contributed by atoms with Crippen molar-refractivity contribution in [3.63, 3.8) is 0 Å². The highest BCUT2D eigenvalue weighted by Gasteiger charge is 2.27. The summed E-state index contributed by atoms with van der Waals surface area (Å²) in [6, 6.07) is 9.35. The molecule has 0 unspecified atom stereocenters. The largest absolute Gasteiger partial charge is 0.352 e. The maximum Gasteiger partial charge on any atom is 0.253 e. The molecule has 2 saturated heterocycles. The molecule has 0 bridgehead atoms. The van der Waals surface area contributed by atoms with Gasteiger partial charge in [-0.3, -0.25) is 9.59 Å². The molecule has 214 valence electrons. The molecule has 0 spiro atoms. The van der Waals surface area contributed by atoms with Crippen molar-refractivity contribution in [1.29, 1.82) is 0 Å². The number of hydrogen-bond donors (Lipinski definition) is 2. The minimum atomic E-state index is -0.915. The summed E-state index contributed by atoms with van der Waals surface area (Å²) in [5, 5.41) is 3.15. The van der Waals surface area contributed by atoms with E-state index in [9.17, 15) is 18.4 Å². The quantitative estimate of drug-likeness (QED) is 0.418. The molecular formula is C31H39F2N5O2. The van der Waals surface area contributed by atoms with Gasteiger partial charge in [-0.25, -0.2) is 13.8 Å². The second kappa shape index (κ2) is 12.5. The first kappa shape index (κ1) is 28.2. The van der Waals surface area contributed by atoms with E-state index in [1.807, 2.05) is 23.1 Å². The van der Waals surface area contributed by atoms with Crippen LogP contribution < -0.4 is 5.32 Å². The summed E-state index contributed by atoms with van der Waals surface area (Å²) >= 11 is 0. The highest BCUT2D eigenvalue weighted by molar-refractivity contribution is 6.04. The molecule has 2 aromatic carbocycles. The van der Waals surface area contributed by atoms with E-state index < -0.39 is 11.6 Å². The Morgan fingerprint density at radius 3 is 2.42 bits per heavy atom. The Morgan fingerprint density at radius 2 is 1.73 bits per heavy atom. The molecule has 0 saturated carbocycles. The third-order valence-electron chi connectivity index (χ3n) is 8.40. The Bertz CT molecular complexity index is 1340. The number of hydrogen-bond acceptors (Lipinski definition) is 4. The van der Waals surface area contributed by atoms with Crippen molar-refractivity contribution in [1.82, 2.24) is 25.1 Å². The van der Waals surface area contributed by atoms with Gasteiger partial charge < -0.3 is 20.1 Å². The number of carbonyl (C=O) groups excluding carboxylic acids is 2. The number of imidazole rings is 1. The normalized spacial score (nSPS) is 17.6. The van der Waals surface area contributed by atoms with Crippen LogP contribution in [0, 0.1) is 23.5 Å². The molecule has 2 aliphatic heterocycles. The van der Waals surface area contributed by atoms with E-state index >= 15 is 0 Å². The van der Waals surface area contributed by atoms with Gasteiger partial charge in [-0.15, -0.1) is 0 Å². The summed E-state index contributed by atoms with van der Waals surface area (Å²) in [4.78, 5) is 38.0. The molecule has 5 rings (SSSR count). The lowest BCUT2D eigenvalue weighted by Gasteiger charge is -2.37. The summed E-state index contributed by atoms with van der Waals surface area (Å²) in [5.74, 6) is 0.257. The summed E-state index contributed by atoms with van der Waals surface area (Å²) in [5.41, 5.74) is 2.75. The molecule has 9 heteroatoms. The van der Waals surface area contributed by atoms with Crippen LogP contribution in [0.25, 0.3) is 11.0 Å². The van der Waals surface area contributed by atoms with Crippen LogP contribution in [0.15, 0.2) is 36.4 Å². The molecule has 7 nitrogen and oxygen atoms in total. The van der Waals surface area contributed by atoms with Crippen molar-refractivity contribution >= 4 is 22.8 Å². The van der Waals surface area contributed by atoms with Crippen molar-refractivity contribution in [3.05, 3.63) is 65.0 Å². The highest BCUT2D eigenvalue weighted by Crippen LogP contribution is 2.24. The number of benzene rings is 2. The maximum absolute atomic E-state index is 13.5. The first-order chi connectivity index (χ1) is 19.3. The number of nitrogens with one attached hydrogen (secondary N) is 2. The summed E-state index contributed by atoms with van der Waals surface area (Å²) < 4.78 is 26.6. The SMILES string of the molecule is CC(C)c1nc2c(C(=O)NCC3CCN(CC4CCN(C(=O)Cc5ccc(F)c(F)c5)CC4)CC3)cccc2[nH]1. The van der Waals surface area contributed by atoms with E-state index in [0.717, 1.165) is 74.3 Å². The number of aromatic nitrogens is 2. The van der Waals surface area contributed by atoms with Gasteiger partial charge in [0.1, 0.15) is 11.3 Å². The molecule has 2 amide bonds. The predicted octanol–water partition coefficient (Wildman–Crippen LogP) is 4.89. The Kier molecular flexibility index (Phi) is 8.78. The van der Waals surface area contributed by atoms with Gasteiger partial charge >= 0.3 is 0 Å². The van der Waals surface area contributed by atoms with Crippen LogP contribution >= 0.6 is 0 Å². The summed E-state index contributed by atoms with van der Waals surface area (Å²) in [7, 11) is 0. The van der Waals surface area contributed by atoms with Gasteiger partial charge in [-0.05, 0) is 80.4 Å². The van der Waals surface area contributed by atoms with Crippen molar-refractivity contribution < 1.29 is 18.4 Å². The fourth-order valence-corrected chi connectivity index (χ4v) is 5.88. The molecule has 0 aliphatic carbocycles. The van der Waals surface area contributed by atoms with Crippen LogP contribution in [-0.2, 0) is 11.2 Å². The van der Waals surface area contributed by atoms with E-state index in [-0.39, 0.29) is 24.2 Å². The second-order valence-corrected chi connectivity index (χ2v) is 11.7. The number of carbonyl (C=O) groups is 2. The van der Waals surface area contributed by atoms with Gasteiger partial charge in [-0.2, -0.15) is 0 Å². The molecule has 0 atom stereocenters. The van der Waals surface area contributed by atoms with E-state index in [1.165, 1.54) is 6.07 Å². The molecular weight excluding hydrogens is 512 g/mol. The Hall–Kier alpha value is -3.33. The fourth-order valence-electron chi connectivity index (χ4n) is 5.88. The van der Waals surface area contributed by atoms with Crippen LogP contribution in [0.2, 0.25) is 0 Å². The number of aromatic amines is 1. The third kappa shape index (κ3) is 6.69. The Morgan fingerprint density at radius 1 is 1.00 bits per heavy atom. The minimum Gasteiger partial charge on any atom is -0.352 e. The monoisotopic (exact) mass is 551 g/mol. The minimum absolute atomic E-state index is 0.0313. The van der Waals surface area contributed by atoms with Crippen molar-refractivity contribution in [2.75, 3.05) is 39.3 Å². The van der Waals surface area contributed by atoms with Gasteiger partial charge in [0.05, 0.1) is 17.5 Å². The predicted molar refractivity (Wildman–Crippen MR) is 151 cm³/mol. The van der Waals surface area contributed by atoms with E-state index in [4.69, 9.17) is 0 Å². The van der Waals surface area contributed by atoms with Gasteiger partial charge in [-0.1, -0.05) is 26.0 Å². The molecule has 1 aromatic heterocycles. The molecule has 0 radical (unpaired) electrons. The van der Waals surface area contributed by atoms with Crippen LogP contribution in [0.4, 0.5) is 8.78 Å². The molecule has 3 heterocycles. The summed E-state index contributed by atoms with van der Waals surface area (Å²) in [6.45, 7) is 9.30.